The summed E-state index contributed by atoms with van der Waals surface area (Å²) in [6, 6.07) is 5.16. The number of benzene rings is 1. The van der Waals surface area contributed by atoms with Crippen molar-refractivity contribution in [2.45, 2.75) is 38.1 Å². The zero-order chi connectivity index (χ0) is 19.8. The summed E-state index contributed by atoms with van der Waals surface area (Å²) in [6.07, 6.45) is 2.76. The Morgan fingerprint density at radius 2 is 1.93 bits per heavy atom. The first-order chi connectivity index (χ1) is 12.6. The Morgan fingerprint density at radius 3 is 2.63 bits per heavy atom. The molecule has 1 atom stereocenters. The van der Waals surface area contributed by atoms with E-state index in [0.29, 0.717) is 5.56 Å². The van der Waals surface area contributed by atoms with E-state index < -0.39 is 44.7 Å². The van der Waals surface area contributed by atoms with Crippen LogP contribution in [0.2, 0.25) is 0 Å². The lowest BCUT2D eigenvalue weighted by Gasteiger charge is -2.23. The van der Waals surface area contributed by atoms with Gasteiger partial charge in [0.05, 0.1) is 11.5 Å². The highest BCUT2D eigenvalue weighted by atomic mass is 32.2. The van der Waals surface area contributed by atoms with Gasteiger partial charge in [-0.15, -0.1) is 0 Å². The lowest BCUT2D eigenvalue weighted by Crippen LogP contribution is -2.41. The first-order valence-electron chi connectivity index (χ1n) is 8.87. The first-order valence-corrected chi connectivity index (χ1v) is 10.7. The van der Waals surface area contributed by atoms with Crippen molar-refractivity contribution in [1.29, 1.82) is 0 Å². The van der Waals surface area contributed by atoms with Crippen molar-refractivity contribution in [3.05, 3.63) is 34.9 Å². The van der Waals surface area contributed by atoms with Crippen LogP contribution in [-0.2, 0) is 37.8 Å². The van der Waals surface area contributed by atoms with Gasteiger partial charge < -0.3 is 11.1 Å². The predicted molar refractivity (Wildman–Crippen MR) is 98.5 cm³/mol. The molecule has 1 aliphatic carbocycles. The highest BCUT2D eigenvalue weighted by Gasteiger charge is 2.49. The van der Waals surface area contributed by atoms with Gasteiger partial charge in [0.25, 0.3) is 5.91 Å². The van der Waals surface area contributed by atoms with E-state index in [2.05, 4.69) is 5.32 Å². The summed E-state index contributed by atoms with van der Waals surface area (Å²) in [4.78, 5) is 36.9. The molecule has 0 spiro atoms. The van der Waals surface area contributed by atoms with Crippen LogP contribution in [0.4, 0.5) is 4.79 Å². The molecule has 1 aromatic carbocycles. The molecule has 146 valence electrons. The second-order valence-electron chi connectivity index (χ2n) is 7.22. The minimum atomic E-state index is -3.60. The van der Waals surface area contributed by atoms with Gasteiger partial charge in [-0.2, -0.15) is 0 Å². The Morgan fingerprint density at radius 1 is 1.22 bits per heavy atom. The highest BCUT2D eigenvalue weighted by molar-refractivity contribution is 7.91. The van der Waals surface area contributed by atoms with E-state index in [9.17, 15) is 22.8 Å². The van der Waals surface area contributed by atoms with E-state index in [1.165, 1.54) is 11.1 Å². The zero-order valence-corrected chi connectivity index (χ0v) is 16.0. The molecule has 1 fully saturated rings. The van der Waals surface area contributed by atoms with Crippen LogP contribution in [0.15, 0.2) is 18.2 Å². The summed E-state index contributed by atoms with van der Waals surface area (Å²) in [6.45, 7) is 1.37. The van der Waals surface area contributed by atoms with Gasteiger partial charge in [-0.25, -0.2) is 13.2 Å². The number of nitrogens with zero attached hydrogens (tertiary/aromatic N) is 1. The van der Waals surface area contributed by atoms with Crippen LogP contribution in [0.3, 0.4) is 0 Å². The first kappa shape index (κ1) is 19.3. The van der Waals surface area contributed by atoms with E-state index in [1.807, 2.05) is 18.2 Å². The molecule has 9 heteroatoms. The maximum atomic E-state index is 12.9. The number of rotatable bonds is 7. The van der Waals surface area contributed by atoms with E-state index >= 15 is 0 Å². The topological polar surface area (TPSA) is 127 Å². The van der Waals surface area contributed by atoms with Crippen LogP contribution in [-0.4, -0.2) is 49.2 Å². The molecule has 0 radical (unpaired) electrons. The smallest absolute Gasteiger partial charge is 0.325 e. The van der Waals surface area contributed by atoms with Crippen LogP contribution in [0.1, 0.15) is 36.5 Å². The van der Waals surface area contributed by atoms with Crippen molar-refractivity contribution in [3.63, 3.8) is 0 Å². The van der Waals surface area contributed by atoms with Gasteiger partial charge in [-0.05, 0) is 42.9 Å². The molecule has 2 aliphatic rings. The second kappa shape index (κ2) is 6.95. The molecular formula is C18H23N3O5S. The zero-order valence-electron chi connectivity index (χ0n) is 15.2. The number of nitrogens with two attached hydrogens (primary N) is 1. The molecule has 1 saturated heterocycles. The number of primary amides is 1. The molecule has 0 aromatic heterocycles. The van der Waals surface area contributed by atoms with Gasteiger partial charge in [0, 0.05) is 13.0 Å². The summed E-state index contributed by atoms with van der Waals surface area (Å²) in [5, 5.41) is 2.69. The number of carbonyl (C=O) groups excluding carboxylic acids is 3. The number of hydrogen-bond acceptors (Lipinski definition) is 5. The van der Waals surface area contributed by atoms with E-state index in [4.69, 9.17) is 5.73 Å². The van der Waals surface area contributed by atoms with Crippen molar-refractivity contribution in [2.75, 3.05) is 18.1 Å². The van der Waals surface area contributed by atoms with Crippen molar-refractivity contribution < 1.29 is 22.8 Å². The third kappa shape index (κ3) is 3.83. The van der Waals surface area contributed by atoms with E-state index in [-0.39, 0.29) is 13.0 Å². The summed E-state index contributed by atoms with van der Waals surface area (Å²) in [5.41, 5.74) is 6.89. The third-order valence-corrected chi connectivity index (χ3v) is 6.87. The van der Waals surface area contributed by atoms with Gasteiger partial charge >= 0.3 is 6.03 Å². The number of urea groups is 1. The van der Waals surface area contributed by atoms with Crippen molar-refractivity contribution in [3.8, 4) is 0 Å². The molecule has 0 bridgehead atoms. The fourth-order valence-electron chi connectivity index (χ4n) is 3.57. The molecule has 8 nitrogen and oxygen atoms in total. The fourth-order valence-corrected chi connectivity index (χ4v) is 4.74. The van der Waals surface area contributed by atoms with E-state index in [0.717, 1.165) is 24.2 Å². The molecule has 1 heterocycles. The number of carbonyl (C=O) groups is 3. The molecule has 27 heavy (non-hydrogen) atoms. The summed E-state index contributed by atoms with van der Waals surface area (Å²) in [7, 11) is -3.60. The van der Waals surface area contributed by atoms with Crippen LogP contribution in [0, 0.1) is 0 Å². The third-order valence-electron chi connectivity index (χ3n) is 5.24. The monoisotopic (exact) mass is 393 g/mol. The molecule has 0 saturated carbocycles. The molecule has 1 aromatic rings. The van der Waals surface area contributed by atoms with Gasteiger partial charge in [0.2, 0.25) is 5.91 Å². The normalized spacial score (nSPS) is 22.0. The maximum absolute atomic E-state index is 12.9. The average Bonchev–Trinajstić information content (AvgIpc) is 3.15. The number of nitrogens with one attached hydrogen (secondary N) is 1. The van der Waals surface area contributed by atoms with Crippen molar-refractivity contribution >= 4 is 27.7 Å². The number of imide groups is 1. The number of aryl methyl sites for hydroxylation is 2. The summed E-state index contributed by atoms with van der Waals surface area (Å²) in [5.74, 6) is -1.98. The Balaban J connectivity index is 1.74. The number of sulfone groups is 1. The highest BCUT2D eigenvalue weighted by Crippen LogP contribution is 2.32. The van der Waals surface area contributed by atoms with Gasteiger partial charge in [-0.3, -0.25) is 14.5 Å². The average molecular weight is 393 g/mol. The molecule has 3 rings (SSSR count). The Labute approximate surface area is 158 Å². The van der Waals surface area contributed by atoms with Gasteiger partial charge in [0.15, 0.2) is 9.84 Å². The Hall–Kier alpha value is -2.42. The van der Waals surface area contributed by atoms with E-state index in [1.54, 1.807) is 6.92 Å². The van der Waals surface area contributed by atoms with Gasteiger partial charge in [-0.1, -0.05) is 18.2 Å². The molecule has 1 unspecified atom stereocenters. The largest absolute Gasteiger partial charge is 0.370 e. The SMILES string of the molecule is CC1(c2ccc3c(c2)CCC3)NC(=O)N(CCS(=O)(=O)CCC(N)=O)C1=O. The number of amides is 4. The molecular weight excluding hydrogens is 370 g/mol. The van der Waals surface area contributed by atoms with Crippen LogP contribution in [0.25, 0.3) is 0 Å². The van der Waals surface area contributed by atoms with Crippen molar-refractivity contribution in [1.82, 2.24) is 10.2 Å². The van der Waals surface area contributed by atoms with Gasteiger partial charge in [0.1, 0.15) is 5.54 Å². The molecule has 1 aliphatic heterocycles. The standard InChI is InChI=1S/C18H23N3O5S/c1-18(14-6-5-12-3-2-4-13(12)11-14)16(23)21(17(24)20-18)8-10-27(25,26)9-7-15(19)22/h5-6,11H,2-4,7-10H2,1H3,(H2,19,22)(H,20,24). The lowest BCUT2D eigenvalue weighted by atomic mass is 9.90. The van der Waals surface area contributed by atoms with Crippen molar-refractivity contribution in [2.24, 2.45) is 5.73 Å². The second-order valence-corrected chi connectivity index (χ2v) is 9.52. The lowest BCUT2D eigenvalue weighted by molar-refractivity contribution is -0.130. The quantitative estimate of drug-likeness (QED) is 0.641. The van der Waals surface area contributed by atoms with Crippen LogP contribution >= 0.6 is 0 Å². The molecule has 3 N–H and O–H groups in total. The minimum Gasteiger partial charge on any atom is -0.370 e. The van der Waals surface area contributed by atoms with Crippen LogP contribution < -0.4 is 11.1 Å². The molecule has 4 amide bonds. The summed E-state index contributed by atoms with van der Waals surface area (Å²) >= 11 is 0. The summed E-state index contributed by atoms with van der Waals surface area (Å²) < 4.78 is 24.0. The minimum absolute atomic E-state index is 0.258. The van der Waals surface area contributed by atoms with Crippen LogP contribution in [0.5, 0.6) is 0 Å². The maximum Gasteiger partial charge on any atom is 0.325 e. The number of fused-ring (bicyclic) bond motifs is 1. The fraction of sp³-hybridized carbons (Fsp3) is 0.500. The Bertz CT molecular complexity index is 912. The Kier molecular flexibility index (Phi) is 4.98. The number of hydrogen-bond donors (Lipinski definition) is 2. The predicted octanol–water partition coefficient (Wildman–Crippen LogP) is 0.233.